The van der Waals surface area contributed by atoms with Crippen molar-refractivity contribution in [3.05, 3.63) is 0 Å². The summed E-state index contributed by atoms with van der Waals surface area (Å²) in [5.74, 6) is -0.0877. The molecule has 354 valence electrons. The maximum Gasteiger partial charge on any atom is 0.308 e. The second-order valence-corrected chi connectivity index (χ2v) is 26.0. The van der Waals surface area contributed by atoms with Crippen LogP contribution in [-0.4, -0.2) is 88.6 Å². The number of unbranched alkanes of at least 4 members (excludes halogenated alkanes) is 17. The summed E-state index contributed by atoms with van der Waals surface area (Å²) in [5, 5.41) is 0.265. The third-order valence-corrected chi connectivity index (χ3v) is 19.3. The molecule has 0 saturated carbocycles. The minimum Gasteiger partial charge on any atom is -0.464 e. The molecule has 2 rings (SSSR count). The van der Waals surface area contributed by atoms with Crippen LogP contribution in [0, 0.1) is 17.3 Å². The topological polar surface area (TPSA) is 68.3 Å². The summed E-state index contributed by atoms with van der Waals surface area (Å²) in [4.78, 5) is 32.9. The van der Waals surface area contributed by atoms with E-state index in [1.807, 2.05) is 0 Å². The third-order valence-electron chi connectivity index (χ3n) is 14.8. The number of hydrogen-bond acceptors (Lipinski definition) is 7. The van der Waals surface area contributed by atoms with Crippen LogP contribution in [-0.2, 0) is 23.5 Å². The molecule has 0 atom stereocenters. The van der Waals surface area contributed by atoms with Crippen LogP contribution in [0.4, 0.5) is 0 Å². The van der Waals surface area contributed by atoms with Gasteiger partial charge in [-0.2, -0.15) is 0 Å². The van der Waals surface area contributed by atoms with Gasteiger partial charge in [0.25, 0.3) is 0 Å². The lowest BCUT2D eigenvalue weighted by Crippen LogP contribution is -2.61. The van der Waals surface area contributed by atoms with Gasteiger partial charge in [-0.3, -0.25) is 14.5 Å². The maximum atomic E-state index is 13.9. The van der Waals surface area contributed by atoms with Crippen LogP contribution in [0.2, 0.25) is 18.1 Å². The van der Waals surface area contributed by atoms with Crippen molar-refractivity contribution in [2.24, 2.45) is 17.3 Å². The van der Waals surface area contributed by atoms with Crippen LogP contribution < -0.4 is 0 Å². The molecule has 0 unspecified atom stereocenters. The first-order valence-electron chi connectivity index (χ1n) is 26.2. The zero-order valence-electron chi connectivity index (χ0n) is 41.6. The standard InChI is InChI=1S/C52H102N2O5Si/c1-10-14-18-22-26-32-46(33-27-23-19-15-11-2)49(55)57-42-48(43-58-50(56)47(34-28-24-20-16-12-3)35-29-25-21-17-13-4)54-39-36-52(37-40-54)44-53(45-52)38-30-31-41-59-60(8,9)51(5,6)7/h46-48H,10-45H2,1-9H3. The highest BCUT2D eigenvalue weighted by Gasteiger charge is 2.45. The van der Waals surface area contributed by atoms with Crippen molar-refractivity contribution in [2.75, 3.05) is 52.5 Å². The Hall–Kier alpha value is -0.963. The molecule has 0 N–H and O–H groups in total. The summed E-state index contributed by atoms with van der Waals surface area (Å²) in [6.07, 6.45) is 32.6. The Bertz CT molecular complexity index is 1000. The first kappa shape index (κ1) is 55.2. The van der Waals surface area contributed by atoms with Crippen molar-refractivity contribution in [2.45, 2.75) is 252 Å². The van der Waals surface area contributed by atoms with Gasteiger partial charge < -0.3 is 18.8 Å². The van der Waals surface area contributed by atoms with Gasteiger partial charge in [-0.15, -0.1) is 0 Å². The molecule has 7 nitrogen and oxygen atoms in total. The van der Waals surface area contributed by atoms with Crippen LogP contribution >= 0.6 is 0 Å². The zero-order valence-corrected chi connectivity index (χ0v) is 42.6. The average molecular weight is 863 g/mol. The first-order chi connectivity index (χ1) is 28.8. The lowest BCUT2D eigenvalue weighted by Gasteiger charge is -2.55. The molecule has 0 aromatic heterocycles. The van der Waals surface area contributed by atoms with Gasteiger partial charge in [-0.05, 0) is 94.5 Å². The fourth-order valence-corrected chi connectivity index (χ4v) is 10.4. The quantitative estimate of drug-likeness (QED) is 0.0350. The van der Waals surface area contributed by atoms with Gasteiger partial charge in [0.15, 0.2) is 8.32 Å². The van der Waals surface area contributed by atoms with Crippen LogP contribution in [0.1, 0.15) is 228 Å². The molecule has 0 aromatic rings. The van der Waals surface area contributed by atoms with E-state index in [-0.39, 0.29) is 34.9 Å². The smallest absolute Gasteiger partial charge is 0.308 e. The second-order valence-electron chi connectivity index (χ2n) is 21.2. The van der Waals surface area contributed by atoms with Gasteiger partial charge >= 0.3 is 11.9 Å². The summed E-state index contributed by atoms with van der Waals surface area (Å²) >= 11 is 0. The van der Waals surface area contributed by atoms with E-state index in [4.69, 9.17) is 13.9 Å². The molecule has 0 aliphatic carbocycles. The van der Waals surface area contributed by atoms with Crippen LogP contribution in [0.5, 0.6) is 0 Å². The molecule has 8 heteroatoms. The molecule has 2 heterocycles. The van der Waals surface area contributed by atoms with Crippen molar-refractivity contribution in [3.8, 4) is 0 Å². The summed E-state index contributed by atoms with van der Waals surface area (Å²) in [6.45, 7) is 27.7. The van der Waals surface area contributed by atoms with E-state index >= 15 is 0 Å². The normalized spacial score (nSPS) is 16.3. The van der Waals surface area contributed by atoms with Gasteiger partial charge in [0.1, 0.15) is 13.2 Å². The van der Waals surface area contributed by atoms with E-state index in [0.717, 1.165) is 96.9 Å². The van der Waals surface area contributed by atoms with E-state index < -0.39 is 8.32 Å². The van der Waals surface area contributed by atoms with Gasteiger partial charge in [0.05, 0.1) is 17.9 Å². The lowest BCUT2D eigenvalue weighted by molar-refractivity contribution is -0.157. The van der Waals surface area contributed by atoms with E-state index in [0.29, 0.717) is 18.6 Å². The minimum atomic E-state index is -1.67. The van der Waals surface area contributed by atoms with Crippen molar-refractivity contribution in [1.29, 1.82) is 0 Å². The SMILES string of the molecule is CCCCCCCC(CCCCCCC)C(=O)OCC(COC(=O)C(CCCCCCC)CCCCCCC)N1CCC2(CC1)CN(CCCCO[Si](C)(C)C(C)(C)C)C2. The number of hydrogen-bond donors (Lipinski definition) is 0. The largest absolute Gasteiger partial charge is 0.464 e. The fourth-order valence-electron chi connectivity index (χ4n) is 9.31. The molecule has 2 fully saturated rings. The Balaban J connectivity index is 2.04. The number of carbonyl (C=O) groups excluding carboxylic acids is 2. The Kier molecular flexibility index (Phi) is 29.3. The molecule has 60 heavy (non-hydrogen) atoms. The van der Waals surface area contributed by atoms with Crippen molar-refractivity contribution in [3.63, 3.8) is 0 Å². The van der Waals surface area contributed by atoms with Gasteiger partial charge in [-0.1, -0.05) is 177 Å². The highest BCUT2D eigenvalue weighted by atomic mass is 28.4. The highest BCUT2D eigenvalue weighted by molar-refractivity contribution is 6.74. The molecule has 2 saturated heterocycles. The van der Waals surface area contributed by atoms with Crippen molar-refractivity contribution >= 4 is 20.3 Å². The number of nitrogens with zero attached hydrogens (tertiary/aromatic N) is 2. The van der Waals surface area contributed by atoms with Crippen molar-refractivity contribution < 1.29 is 23.5 Å². The fraction of sp³-hybridized carbons (Fsp3) is 0.962. The predicted molar refractivity (Wildman–Crippen MR) is 258 cm³/mol. The number of likely N-dealkylation sites (tertiary alicyclic amines) is 2. The Morgan fingerprint density at radius 3 is 1.32 bits per heavy atom. The van der Waals surface area contributed by atoms with E-state index in [2.05, 4.69) is 71.4 Å². The van der Waals surface area contributed by atoms with Gasteiger partial charge in [-0.25, -0.2) is 0 Å². The molecule has 2 aliphatic heterocycles. The van der Waals surface area contributed by atoms with Crippen LogP contribution in [0.3, 0.4) is 0 Å². The first-order valence-corrected chi connectivity index (χ1v) is 29.2. The summed E-state index contributed by atoms with van der Waals surface area (Å²) in [5.41, 5.74) is 0.396. The zero-order chi connectivity index (χ0) is 44.1. The van der Waals surface area contributed by atoms with Crippen molar-refractivity contribution in [1.82, 2.24) is 9.80 Å². The van der Waals surface area contributed by atoms with E-state index in [1.54, 1.807) is 0 Å². The Morgan fingerprint density at radius 1 is 0.567 bits per heavy atom. The molecule has 0 bridgehead atoms. The number of esters is 2. The molecular formula is C52H102N2O5Si. The summed E-state index contributed by atoms with van der Waals surface area (Å²) in [6, 6.07) is -0.0863. The molecule has 0 radical (unpaired) electrons. The maximum absolute atomic E-state index is 13.9. The van der Waals surface area contributed by atoms with Gasteiger partial charge in [0, 0.05) is 19.7 Å². The molecule has 0 amide bonds. The summed E-state index contributed by atoms with van der Waals surface area (Å²) in [7, 11) is -1.67. The van der Waals surface area contributed by atoms with E-state index in [9.17, 15) is 9.59 Å². The highest BCUT2D eigenvalue weighted by Crippen LogP contribution is 2.41. The number of carbonyl (C=O) groups is 2. The summed E-state index contributed by atoms with van der Waals surface area (Å²) < 4.78 is 19.0. The molecule has 1 spiro atoms. The average Bonchev–Trinajstić information content (AvgIpc) is 3.20. The monoisotopic (exact) mass is 863 g/mol. The third kappa shape index (κ3) is 22.6. The van der Waals surface area contributed by atoms with Crippen LogP contribution in [0.15, 0.2) is 0 Å². The Labute approximate surface area is 374 Å². The number of ether oxygens (including phenoxy) is 2. The second kappa shape index (κ2) is 31.8. The molecule has 2 aliphatic rings. The number of piperidine rings is 1. The Morgan fingerprint density at radius 2 is 0.950 bits per heavy atom. The minimum absolute atomic E-state index is 0.0211. The number of rotatable bonds is 37. The molecule has 0 aromatic carbocycles. The van der Waals surface area contributed by atoms with E-state index in [1.165, 1.54) is 122 Å². The lowest BCUT2D eigenvalue weighted by atomic mass is 9.71. The molecular weight excluding hydrogens is 761 g/mol. The van der Waals surface area contributed by atoms with Crippen LogP contribution in [0.25, 0.3) is 0 Å². The van der Waals surface area contributed by atoms with Gasteiger partial charge in [0.2, 0.25) is 0 Å². The predicted octanol–water partition coefficient (Wildman–Crippen LogP) is 14.3.